The van der Waals surface area contributed by atoms with E-state index >= 15 is 0 Å². The number of aryl methyl sites for hydroxylation is 1. The van der Waals surface area contributed by atoms with E-state index in [0.29, 0.717) is 6.61 Å². The minimum absolute atomic E-state index is 0.702. The molecule has 2 aromatic rings. The molecule has 1 aliphatic heterocycles. The quantitative estimate of drug-likeness (QED) is 0.797. The van der Waals surface area contributed by atoms with Gasteiger partial charge in [0.15, 0.2) is 0 Å². The van der Waals surface area contributed by atoms with Crippen LogP contribution in [0.25, 0.3) is 0 Å². The van der Waals surface area contributed by atoms with Crippen molar-refractivity contribution in [2.45, 2.75) is 6.92 Å². The first-order chi connectivity index (χ1) is 11.6. The van der Waals surface area contributed by atoms with E-state index in [1.165, 1.54) is 5.69 Å². The summed E-state index contributed by atoms with van der Waals surface area (Å²) in [6.45, 7) is 7.46. The zero-order valence-corrected chi connectivity index (χ0v) is 15.4. The summed E-state index contributed by atoms with van der Waals surface area (Å²) in [6.07, 6.45) is 0. The highest BCUT2D eigenvalue weighted by Gasteiger charge is 2.21. The van der Waals surface area contributed by atoms with Gasteiger partial charge >= 0.3 is 0 Å². The molecule has 0 radical (unpaired) electrons. The van der Waals surface area contributed by atoms with E-state index < -0.39 is 0 Å². The Morgan fingerprint density at radius 3 is 2.46 bits per heavy atom. The fourth-order valence-corrected chi connectivity index (χ4v) is 3.47. The van der Waals surface area contributed by atoms with E-state index in [1.54, 1.807) is 11.3 Å². The van der Waals surface area contributed by atoms with Crippen molar-refractivity contribution in [1.82, 2.24) is 15.1 Å². The largest absolute Gasteiger partial charge is 0.490 e. The Hall–Kier alpha value is -1.86. The summed E-state index contributed by atoms with van der Waals surface area (Å²) < 4.78 is 6.00. The molecule has 0 N–H and O–H groups in total. The molecule has 1 aliphatic rings. The average molecular weight is 347 g/mol. The third kappa shape index (κ3) is 4.15. The summed E-state index contributed by atoms with van der Waals surface area (Å²) in [6, 6.07) is 8.32. The van der Waals surface area contributed by atoms with Gasteiger partial charge < -0.3 is 19.4 Å². The van der Waals surface area contributed by atoms with Gasteiger partial charge in [-0.05, 0) is 33.2 Å². The smallest absolute Gasteiger partial charge is 0.208 e. The van der Waals surface area contributed by atoms with Gasteiger partial charge in [-0.25, -0.2) is 0 Å². The summed E-state index contributed by atoms with van der Waals surface area (Å²) in [5, 5.41) is 10.4. The maximum absolute atomic E-state index is 6.00. The van der Waals surface area contributed by atoms with E-state index in [4.69, 9.17) is 4.74 Å². The van der Waals surface area contributed by atoms with Gasteiger partial charge in [0.2, 0.25) is 5.13 Å². The van der Waals surface area contributed by atoms with Crippen LogP contribution in [0.1, 0.15) is 5.01 Å². The van der Waals surface area contributed by atoms with Crippen molar-refractivity contribution in [3.63, 3.8) is 0 Å². The first kappa shape index (κ1) is 17.0. The normalized spacial score (nSPS) is 15.2. The standard InChI is InChI=1S/C17H25N5OS/c1-14-18-19-17(24-14)22-10-8-21(9-11-22)15-6-4-5-7-16(15)23-13-12-20(2)3/h4-7H,8-13H2,1-3H3. The molecular formula is C17H25N5OS. The molecule has 0 spiro atoms. The van der Waals surface area contributed by atoms with E-state index in [0.717, 1.165) is 48.6 Å². The number of para-hydroxylation sites is 2. The number of ether oxygens (including phenoxy) is 1. The molecule has 0 atom stereocenters. The Labute approximate surface area is 147 Å². The lowest BCUT2D eigenvalue weighted by Gasteiger charge is -2.36. The minimum Gasteiger partial charge on any atom is -0.490 e. The second-order valence-corrected chi connectivity index (χ2v) is 7.36. The summed E-state index contributed by atoms with van der Waals surface area (Å²) in [5.74, 6) is 0.972. The number of aromatic nitrogens is 2. The molecule has 24 heavy (non-hydrogen) atoms. The summed E-state index contributed by atoms with van der Waals surface area (Å²) >= 11 is 1.66. The summed E-state index contributed by atoms with van der Waals surface area (Å²) in [7, 11) is 4.12. The molecule has 2 heterocycles. The number of hydrogen-bond acceptors (Lipinski definition) is 7. The van der Waals surface area contributed by atoms with Crippen molar-refractivity contribution in [2.24, 2.45) is 0 Å². The molecule has 3 rings (SSSR count). The van der Waals surface area contributed by atoms with Gasteiger partial charge in [-0.3, -0.25) is 0 Å². The van der Waals surface area contributed by atoms with Crippen LogP contribution in [-0.4, -0.2) is 68.5 Å². The third-order valence-electron chi connectivity index (χ3n) is 4.07. The number of likely N-dealkylation sites (N-methyl/N-ethyl adjacent to an activating group) is 1. The fraction of sp³-hybridized carbons (Fsp3) is 0.529. The maximum atomic E-state index is 6.00. The van der Waals surface area contributed by atoms with Crippen LogP contribution in [0.5, 0.6) is 5.75 Å². The Balaban J connectivity index is 1.61. The maximum Gasteiger partial charge on any atom is 0.208 e. The molecule has 1 saturated heterocycles. The highest BCUT2D eigenvalue weighted by atomic mass is 32.1. The SMILES string of the molecule is Cc1nnc(N2CCN(c3ccccc3OCCN(C)C)CC2)s1. The van der Waals surface area contributed by atoms with Crippen LogP contribution in [0.15, 0.2) is 24.3 Å². The van der Waals surface area contributed by atoms with Crippen molar-refractivity contribution in [3.8, 4) is 5.75 Å². The number of benzene rings is 1. The zero-order chi connectivity index (χ0) is 16.9. The second kappa shape index (κ2) is 7.81. The Bertz CT molecular complexity index is 652. The van der Waals surface area contributed by atoms with Crippen LogP contribution in [0, 0.1) is 6.92 Å². The molecule has 0 saturated carbocycles. The first-order valence-electron chi connectivity index (χ1n) is 8.30. The van der Waals surface area contributed by atoms with Crippen molar-refractivity contribution in [3.05, 3.63) is 29.3 Å². The van der Waals surface area contributed by atoms with Crippen LogP contribution in [-0.2, 0) is 0 Å². The predicted octanol–water partition coefficient (Wildman–Crippen LogP) is 2.11. The van der Waals surface area contributed by atoms with Crippen LogP contribution < -0.4 is 14.5 Å². The number of anilines is 2. The van der Waals surface area contributed by atoms with Gasteiger partial charge in [-0.1, -0.05) is 23.5 Å². The molecular weight excluding hydrogens is 322 g/mol. The molecule has 0 aliphatic carbocycles. The number of hydrogen-bond donors (Lipinski definition) is 0. The molecule has 1 aromatic heterocycles. The number of nitrogens with zero attached hydrogens (tertiary/aromatic N) is 5. The van der Waals surface area contributed by atoms with Gasteiger partial charge in [0.05, 0.1) is 5.69 Å². The molecule has 0 amide bonds. The molecule has 1 aromatic carbocycles. The highest BCUT2D eigenvalue weighted by Crippen LogP contribution is 2.30. The van der Waals surface area contributed by atoms with Crippen molar-refractivity contribution < 1.29 is 4.74 Å². The lowest BCUT2D eigenvalue weighted by Crippen LogP contribution is -2.46. The van der Waals surface area contributed by atoms with Crippen molar-refractivity contribution in [1.29, 1.82) is 0 Å². The Kier molecular flexibility index (Phi) is 5.52. The summed E-state index contributed by atoms with van der Waals surface area (Å²) in [5.41, 5.74) is 1.18. The lowest BCUT2D eigenvalue weighted by molar-refractivity contribution is 0.261. The lowest BCUT2D eigenvalue weighted by atomic mass is 10.2. The third-order valence-corrected chi connectivity index (χ3v) is 4.97. The van der Waals surface area contributed by atoms with Crippen molar-refractivity contribution >= 4 is 22.2 Å². The second-order valence-electron chi connectivity index (χ2n) is 6.20. The Morgan fingerprint density at radius 1 is 1.08 bits per heavy atom. The van der Waals surface area contributed by atoms with Gasteiger partial charge in [-0.2, -0.15) is 0 Å². The number of rotatable bonds is 6. The average Bonchev–Trinajstić information content (AvgIpc) is 3.02. The fourth-order valence-electron chi connectivity index (χ4n) is 2.73. The van der Waals surface area contributed by atoms with Gasteiger partial charge in [0.25, 0.3) is 0 Å². The van der Waals surface area contributed by atoms with E-state index in [2.05, 4.69) is 57.2 Å². The van der Waals surface area contributed by atoms with Crippen LogP contribution in [0.4, 0.5) is 10.8 Å². The molecule has 6 nitrogen and oxygen atoms in total. The number of piperazine rings is 1. The Morgan fingerprint density at radius 2 is 1.79 bits per heavy atom. The van der Waals surface area contributed by atoms with E-state index in [9.17, 15) is 0 Å². The minimum atomic E-state index is 0.702. The monoisotopic (exact) mass is 347 g/mol. The van der Waals surface area contributed by atoms with Gasteiger partial charge in [0, 0.05) is 32.7 Å². The van der Waals surface area contributed by atoms with Gasteiger partial charge in [-0.15, -0.1) is 10.2 Å². The molecule has 0 bridgehead atoms. The van der Waals surface area contributed by atoms with E-state index in [-0.39, 0.29) is 0 Å². The predicted molar refractivity (Wildman–Crippen MR) is 99.6 cm³/mol. The first-order valence-corrected chi connectivity index (χ1v) is 9.11. The van der Waals surface area contributed by atoms with Gasteiger partial charge in [0.1, 0.15) is 17.4 Å². The van der Waals surface area contributed by atoms with Crippen LogP contribution in [0.3, 0.4) is 0 Å². The van der Waals surface area contributed by atoms with Crippen LogP contribution in [0.2, 0.25) is 0 Å². The van der Waals surface area contributed by atoms with E-state index in [1.807, 2.05) is 13.0 Å². The summed E-state index contributed by atoms with van der Waals surface area (Å²) in [4.78, 5) is 6.84. The molecule has 0 unspecified atom stereocenters. The molecule has 1 fully saturated rings. The molecule has 7 heteroatoms. The highest BCUT2D eigenvalue weighted by molar-refractivity contribution is 7.15. The zero-order valence-electron chi connectivity index (χ0n) is 14.6. The topological polar surface area (TPSA) is 44.7 Å². The van der Waals surface area contributed by atoms with Crippen molar-refractivity contribution in [2.75, 3.05) is 63.2 Å². The molecule has 130 valence electrons. The van der Waals surface area contributed by atoms with Crippen LogP contribution >= 0.6 is 11.3 Å².